The smallest absolute Gasteiger partial charge is 0.350 e. The summed E-state index contributed by atoms with van der Waals surface area (Å²) < 4.78 is 17.4. The molecule has 0 radical (unpaired) electrons. The number of nitrogen functional groups attached to an aromatic ring is 1. The number of imidazole rings is 1. The van der Waals surface area contributed by atoms with E-state index in [1.165, 1.54) is 12.7 Å². The molecule has 4 N–H and O–H groups in total. The van der Waals surface area contributed by atoms with Gasteiger partial charge in [0.2, 0.25) is 0 Å². The Morgan fingerprint density at radius 1 is 1.50 bits per heavy atom. The number of nitrogens with zero attached hydrogens (tertiary/aromatic N) is 4. The highest BCUT2D eigenvalue weighted by Crippen LogP contribution is 2.34. The number of hydrogen-bond donors (Lipinski definition) is 3. The van der Waals surface area contributed by atoms with Gasteiger partial charge < -0.3 is 24.8 Å². The average Bonchev–Trinajstić information content (AvgIpc) is 2.79. The second kappa shape index (κ2) is 5.68. The van der Waals surface area contributed by atoms with E-state index in [9.17, 15) is 4.57 Å². The zero-order valence-corrected chi connectivity index (χ0v) is 11.3. The number of anilines is 1. The van der Waals surface area contributed by atoms with Crippen molar-refractivity contribution in [3.63, 3.8) is 0 Å². The highest BCUT2D eigenvalue weighted by molar-refractivity contribution is 7.51. The molecule has 0 amide bonds. The molecule has 9 nitrogen and oxygen atoms in total. The van der Waals surface area contributed by atoms with Crippen molar-refractivity contribution in [2.24, 2.45) is 0 Å². The Morgan fingerprint density at radius 3 is 2.90 bits per heavy atom. The predicted octanol–water partition coefficient (Wildman–Crippen LogP) is 0.287. The normalized spacial score (nSPS) is 13.5. The maximum Gasteiger partial charge on any atom is 0.350 e. The molecule has 2 heterocycles. The van der Waals surface area contributed by atoms with E-state index in [0.29, 0.717) is 11.2 Å². The monoisotopic (exact) mass is 299 g/mol. The molecule has 2 aromatic heterocycles. The van der Waals surface area contributed by atoms with Crippen molar-refractivity contribution in [2.75, 3.05) is 18.7 Å². The summed E-state index contributed by atoms with van der Waals surface area (Å²) in [5, 5.41) is 0. The molecule has 0 aromatic carbocycles. The number of rotatable bonds is 6. The lowest BCUT2D eigenvalue weighted by Gasteiger charge is -2.15. The summed E-state index contributed by atoms with van der Waals surface area (Å²) in [5.74, 6) is 0.257. The van der Waals surface area contributed by atoms with Crippen LogP contribution in [0.1, 0.15) is 6.04 Å². The van der Waals surface area contributed by atoms with Crippen molar-refractivity contribution in [2.45, 2.75) is 6.04 Å². The first-order chi connectivity index (χ1) is 9.42. The van der Waals surface area contributed by atoms with E-state index in [-0.39, 0.29) is 18.5 Å². The lowest BCUT2D eigenvalue weighted by atomic mass is 10.3. The minimum absolute atomic E-state index is 0.0317. The lowest BCUT2D eigenvalue weighted by Crippen LogP contribution is -2.13. The Bertz CT molecular complexity index is 667. The zero-order chi connectivity index (χ0) is 14.8. The van der Waals surface area contributed by atoms with E-state index >= 15 is 0 Å². The molecule has 0 saturated heterocycles. The first kappa shape index (κ1) is 14.6. The number of nitrogens with two attached hydrogens (primary N) is 1. The van der Waals surface area contributed by atoms with Gasteiger partial charge in [-0.05, 0) is 0 Å². The molecular formula is C10H14N5O4P. The molecule has 0 aliphatic carbocycles. The average molecular weight is 299 g/mol. The second-order valence-electron chi connectivity index (χ2n) is 4.05. The molecule has 2 rings (SSSR count). The minimum Gasteiger partial charge on any atom is -0.382 e. The largest absolute Gasteiger partial charge is 0.382 e. The molecule has 0 saturated carbocycles. The molecular weight excluding hydrogens is 285 g/mol. The Labute approximate surface area is 114 Å². The summed E-state index contributed by atoms with van der Waals surface area (Å²) >= 11 is 0. The van der Waals surface area contributed by atoms with Crippen molar-refractivity contribution in [3.05, 3.63) is 25.3 Å². The van der Waals surface area contributed by atoms with Crippen LogP contribution < -0.4 is 5.73 Å². The molecule has 20 heavy (non-hydrogen) atoms. The quantitative estimate of drug-likeness (QED) is 0.511. The van der Waals surface area contributed by atoms with E-state index < -0.39 is 13.9 Å². The van der Waals surface area contributed by atoms with E-state index in [0.717, 1.165) is 0 Å². The fraction of sp³-hybridized carbons (Fsp3) is 0.300. The van der Waals surface area contributed by atoms with E-state index in [1.807, 2.05) is 0 Å². The van der Waals surface area contributed by atoms with Crippen molar-refractivity contribution in [1.29, 1.82) is 0 Å². The Morgan fingerprint density at radius 2 is 2.25 bits per heavy atom. The highest BCUT2D eigenvalue weighted by atomic mass is 31.2. The zero-order valence-electron chi connectivity index (χ0n) is 10.5. The Balaban J connectivity index is 2.20. The van der Waals surface area contributed by atoms with Crippen LogP contribution >= 0.6 is 7.60 Å². The van der Waals surface area contributed by atoms with Gasteiger partial charge in [0, 0.05) is 0 Å². The number of hydrogen-bond acceptors (Lipinski definition) is 6. The Hall–Kier alpha value is -1.80. The van der Waals surface area contributed by atoms with Gasteiger partial charge in [-0.3, -0.25) is 4.57 Å². The fourth-order valence-corrected chi connectivity index (χ4v) is 2.01. The first-order valence-electron chi connectivity index (χ1n) is 5.60. The van der Waals surface area contributed by atoms with Crippen molar-refractivity contribution in [1.82, 2.24) is 19.5 Å². The molecule has 10 heteroatoms. The van der Waals surface area contributed by atoms with Gasteiger partial charge in [0.25, 0.3) is 0 Å². The number of aromatic nitrogens is 4. The summed E-state index contributed by atoms with van der Waals surface area (Å²) in [6.07, 6.45) is 3.73. The van der Waals surface area contributed by atoms with Crippen molar-refractivity contribution < 1.29 is 19.1 Å². The minimum atomic E-state index is -4.19. The summed E-state index contributed by atoms with van der Waals surface area (Å²) in [4.78, 5) is 29.5. The molecule has 0 aliphatic heterocycles. The van der Waals surface area contributed by atoms with Gasteiger partial charge in [-0.15, -0.1) is 6.58 Å². The van der Waals surface area contributed by atoms with Crippen LogP contribution in [0.2, 0.25) is 0 Å². The van der Waals surface area contributed by atoms with Crippen LogP contribution in [0.3, 0.4) is 0 Å². The van der Waals surface area contributed by atoms with Crippen LogP contribution in [-0.2, 0) is 9.30 Å². The molecule has 1 atom stereocenters. The lowest BCUT2D eigenvalue weighted by molar-refractivity contribution is 0.137. The Kier molecular flexibility index (Phi) is 4.15. The van der Waals surface area contributed by atoms with Gasteiger partial charge >= 0.3 is 7.60 Å². The molecule has 2 aromatic rings. The van der Waals surface area contributed by atoms with Crippen LogP contribution in [-0.4, -0.2) is 42.3 Å². The third-order valence-electron chi connectivity index (χ3n) is 2.56. The van der Waals surface area contributed by atoms with Gasteiger partial charge in [0.15, 0.2) is 11.5 Å². The third kappa shape index (κ3) is 3.20. The van der Waals surface area contributed by atoms with Gasteiger partial charge in [0.1, 0.15) is 18.2 Å². The van der Waals surface area contributed by atoms with Gasteiger partial charge in [-0.1, -0.05) is 6.08 Å². The topological polar surface area (TPSA) is 136 Å². The summed E-state index contributed by atoms with van der Waals surface area (Å²) in [6, 6.07) is -0.374. The molecule has 0 aliphatic rings. The molecule has 108 valence electrons. The summed E-state index contributed by atoms with van der Waals surface area (Å²) in [7, 11) is -4.19. The van der Waals surface area contributed by atoms with Crippen LogP contribution in [0.15, 0.2) is 25.3 Å². The summed E-state index contributed by atoms with van der Waals surface area (Å²) in [5.41, 5.74) is 6.64. The number of ether oxygens (including phenoxy) is 1. The second-order valence-corrected chi connectivity index (χ2v) is 5.64. The van der Waals surface area contributed by atoms with Crippen LogP contribution in [0.4, 0.5) is 5.82 Å². The van der Waals surface area contributed by atoms with E-state index in [1.54, 1.807) is 10.6 Å². The first-order valence-corrected chi connectivity index (χ1v) is 7.40. The van der Waals surface area contributed by atoms with Crippen LogP contribution in [0.25, 0.3) is 11.2 Å². The maximum absolute atomic E-state index is 10.7. The third-order valence-corrected chi connectivity index (χ3v) is 3.08. The van der Waals surface area contributed by atoms with Gasteiger partial charge in [-0.25, -0.2) is 15.0 Å². The molecule has 0 spiro atoms. The van der Waals surface area contributed by atoms with Gasteiger partial charge in [-0.2, -0.15) is 0 Å². The summed E-state index contributed by atoms with van der Waals surface area (Å²) in [6.45, 7) is 3.70. The number of fused-ring (bicyclic) bond motifs is 1. The molecule has 0 bridgehead atoms. The molecule has 1 unspecified atom stereocenters. The van der Waals surface area contributed by atoms with Crippen molar-refractivity contribution in [3.8, 4) is 0 Å². The van der Waals surface area contributed by atoms with Gasteiger partial charge in [0.05, 0.1) is 19.0 Å². The molecule has 0 fully saturated rings. The van der Waals surface area contributed by atoms with E-state index in [2.05, 4.69) is 21.5 Å². The van der Waals surface area contributed by atoms with E-state index in [4.69, 9.17) is 20.3 Å². The van der Waals surface area contributed by atoms with Crippen molar-refractivity contribution >= 4 is 24.6 Å². The van der Waals surface area contributed by atoms with Crippen LogP contribution in [0.5, 0.6) is 0 Å². The SMILES string of the molecule is C=CC(COCP(=O)(O)O)n1cnc2c(N)ncnc21. The standard InChI is InChI=1S/C10H14N5O4P/c1-2-7(3-19-6-20(16,17)18)15-5-14-8-9(11)12-4-13-10(8)15/h2,4-5,7H,1,3,6H2,(H2,11,12,13)(H2,16,17,18). The fourth-order valence-electron chi connectivity index (χ4n) is 1.67. The van der Waals surface area contributed by atoms with Crippen LogP contribution in [0, 0.1) is 0 Å². The maximum atomic E-state index is 10.7. The predicted molar refractivity (Wildman–Crippen MR) is 71.8 cm³/mol. The highest BCUT2D eigenvalue weighted by Gasteiger charge is 2.17.